The molecule has 3 N–H and O–H groups in total. The summed E-state index contributed by atoms with van der Waals surface area (Å²) >= 11 is 0. The topological polar surface area (TPSA) is 58.4 Å². The van der Waals surface area contributed by atoms with Gasteiger partial charge in [0.1, 0.15) is 0 Å². The molecule has 4 nitrogen and oxygen atoms in total. The Bertz CT molecular complexity index is 319. The predicted octanol–water partition coefficient (Wildman–Crippen LogP) is 2.35. The van der Waals surface area contributed by atoms with Gasteiger partial charge in [-0.1, -0.05) is 6.42 Å². The molecule has 0 bridgehead atoms. The highest BCUT2D eigenvalue weighted by molar-refractivity contribution is 5.85. The molecule has 0 saturated heterocycles. The second-order valence-corrected chi connectivity index (χ2v) is 5.62. The van der Waals surface area contributed by atoms with Crippen LogP contribution in [0.3, 0.4) is 0 Å². The van der Waals surface area contributed by atoms with Gasteiger partial charge in [0, 0.05) is 18.5 Å². The van der Waals surface area contributed by atoms with Crippen molar-refractivity contribution in [3.8, 4) is 0 Å². The minimum absolute atomic E-state index is 0. The summed E-state index contributed by atoms with van der Waals surface area (Å²) in [6.07, 6.45) is -0.166. The van der Waals surface area contributed by atoms with E-state index in [2.05, 4.69) is 5.32 Å². The number of nitrogens with one attached hydrogen (secondary N) is 1. The first kappa shape index (κ1) is 24.0. The van der Waals surface area contributed by atoms with Gasteiger partial charge in [-0.05, 0) is 39.3 Å². The predicted molar refractivity (Wildman–Crippen MR) is 85.6 cm³/mol. The summed E-state index contributed by atoms with van der Waals surface area (Å²) in [5.41, 5.74) is 5.82. The zero-order chi connectivity index (χ0) is 15.2. The van der Waals surface area contributed by atoms with Gasteiger partial charge in [-0.3, -0.25) is 9.69 Å². The molecule has 2 unspecified atom stereocenters. The molecule has 0 heterocycles. The molecule has 1 rings (SSSR count). The van der Waals surface area contributed by atoms with Gasteiger partial charge in [0.15, 0.2) is 0 Å². The maximum Gasteiger partial charge on any atom is 0.401 e. The quantitative estimate of drug-likeness (QED) is 0.708. The lowest BCUT2D eigenvalue weighted by Gasteiger charge is -2.25. The summed E-state index contributed by atoms with van der Waals surface area (Å²) in [6.45, 7) is -0.199. The number of hydrogen-bond donors (Lipinski definition) is 2. The lowest BCUT2D eigenvalue weighted by Crippen LogP contribution is -2.39. The zero-order valence-electron chi connectivity index (χ0n) is 12.7. The molecule has 0 spiro atoms. The summed E-state index contributed by atoms with van der Waals surface area (Å²) in [6, 6.07) is 0.0948. The number of amides is 1. The average Bonchev–Trinajstić information content (AvgIpc) is 2.32. The highest BCUT2D eigenvalue weighted by Crippen LogP contribution is 2.23. The smallest absolute Gasteiger partial charge is 0.356 e. The maximum atomic E-state index is 12.1. The van der Waals surface area contributed by atoms with E-state index in [1.807, 2.05) is 0 Å². The van der Waals surface area contributed by atoms with Crippen LogP contribution in [0.4, 0.5) is 13.2 Å². The Labute approximate surface area is 142 Å². The lowest BCUT2D eigenvalue weighted by molar-refractivity contribution is -0.143. The monoisotopic (exact) mass is 367 g/mol. The molecule has 1 amide bonds. The second kappa shape index (κ2) is 11.3. The van der Waals surface area contributed by atoms with Gasteiger partial charge in [0.25, 0.3) is 0 Å². The van der Waals surface area contributed by atoms with Gasteiger partial charge in [-0.15, -0.1) is 24.8 Å². The Kier molecular flexibility index (Phi) is 12.4. The molecular formula is C13H26Cl2F3N3O. The number of nitrogens with zero attached hydrogens (tertiary/aromatic N) is 1. The largest absolute Gasteiger partial charge is 0.401 e. The second-order valence-electron chi connectivity index (χ2n) is 5.62. The molecule has 22 heavy (non-hydrogen) atoms. The Morgan fingerprint density at radius 1 is 1.32 bits per heavy atom. The molecule has 1 fully saturated rings. The molecule has 1 aliphatic rings. The van der Waals surface area contributed by atoms with Crippen LogP contribution in [0.2, 0.25) is 0 Å². The molecule has 0 aromatic heterocycles. The number of carbonyl (C=O) groups is 1. The van der Waals surface area contributed by atoms with E-state index < -0.39 is 12.7 Å². The van der Waals surface area contributed by atoms with Gasteiger partial charge in [-0.2, -0.15) is 13.2 Å². The first-order chi connectivity index (χ1) is 9.28. The Morgan fingerprint density at radius 3 is 2.50 bits per heavy atom. The fraction of sp³-hybridized carbons (Fsp3) is 0.923. The SMILES string of the molecule is CN(CCCNC(=O)C1CCCC(N)C1)CC(F)(F)F.Cl.Cl. The normalized spacial score (nSPS) is 21.7. The van der Waals surface area contributed by atoms with Gasteiger partial charge < -0.3 is 11.1 Å². The maximum absolute atomic E-state index is 12.1. The number of nitrogens with two attached hydrogens (primary N) is 1. The molecule has 0 aromatic rings. The average molecular weight is 368 g/mol. The van der Waals surface area contributed by atoms with E-state index in [0.29, 0.717) is 25.9 Å². The number of hydrogen-bond acceptors (Lipinski definition) is 3. The van der Waals surface area contributed by atoms with Crippen LogP contribution in [0.1, 0.15) is 32.1 Å². The van der Waals surface area contributed by atoms with Crippen LogP contribution in [0.15, 0.2) is 0 Å². The minimum Gasteiger partial charge on any atom is -0.356 e. The number of alkyl halides is 3. The summed E-state index contributed by atoms with van der Waals surface area (Å²) < 4.78 is 36.3. The lowest BCUT2D eigenvalue weighted by atomic mass is 9.85. The van der Waals surface area contributed by atoms with Crippen LogP contribution in [0.25, 0.3) is 0 Å². The molecule has 134 valence electrons. The fourth-order valence-electron chi connectivity index (χ4n) is 2.56. The number of carbonyl (C=O) groups excluding carboxylic acids is 1. The third kappa shape index (κ3) is 10.5. The minimum atomic E-state index is -4.17. The highest BCUT2D eigenvalue weighted by Gasteiger charge is 2.29. The first-order valence-electron chi connectivity index (χ1n) is 7.06. The van der Waals surface area contributed by atoms with Crippen LogP contribution in [-0.2, 0) is 4.79 Å². The van der Waals surface area contributed by atoms with Gasteiger partial charge >= 0.3 is 6.18 Å². The number of halogens is 5. The van der Waals surface area contributed by atoms with Crippen LogP contribution in [0.5, 0.6) is 0 Å². The van der Waals surface area contributed by atoms with Crippen molar-refractivity contribution in [2.45, 2.75) is 44.3 Å². The molecule has 9 heteroatoms. The van der Waals surface area contributed by atoms with Crippen LogP contribution >= 0.6 is 24.8 Å². The van der Waals surface area contributed by atoms with E-state index >= 15 is 0 Å². The van der Waals surface area contributed by atoms with Crippen molar-refractivity contribution in [1.29, 1.82) is 0 Å². The Balaban J connectivity index is 0. The van der Waals surface area contributed by atoms with Crippen molar-refractivity contribution in [3.63, 3.8) is 0 Å². The van der Waals surface area contributed by atoms with Crippen LogP contribution in [-0.4, -0.2) is 49.7 Å². The van der Waals surface area contributed by atoms with Gasteiger partial charge in [0.05, 0.1) is 6.54 Å². The molecule has 0 radical (unpaired) electrons. The van der Waals surface area contributed by atoms with Crippen molar-refractivity contribution >= 4 is 30.7 Å². The first-order valence-corrected chi connectivity index (χ1v) is 7.06. The summed E-state index contributed by atoms with van der Waals surface area (Å²) in [5.74, 6) is -0.0507. The summed E-state index contributed by atoms with van der Waals surface area (Å²) in [5, 5.41) is 2.79. The number of rotatable bonds is 6. The van der Waals surface area contributed by atoms with E-state index in [9.17, 15) is 18.0 Å². The van der Waals surface area contributed by atoms with Crippen molar-refractivity contribution in [2.24, 2.45) is 11.7 Å². The third-order valence-corrected chi connectivity index (χ3v) is 3.55. The van der Waals surface area contributed by atoms with Crippen LogP contribution in [0, 0.1) is 5.92 Å². The van der Waals surface area contributed by atoms with Crippen molar-refractivity contribution in [3.05, 3.63) is 0 Å². The summed E-state index contributed by atoms with van der Waals surface area (Å²) in [7, 11) is 1.43. The molecular weight excluding hydrogens is 342 g/mol. The van der Waals surface area contributed by atoms with E-state index in [4.69, 9.17) is 5.73 Å². The molecule has 2 atom stereocenters. The fourth-order valence-corrected chi connectivity index (χ4v) is 2.56. The highest BCUT2D eigenvalue weighted by atomic mass is 35.5. The third-order valence-electron chi connectivity index (χ3n) is 3.55. The van der Waals surface area contributed by atoms with Gasteiger partial charge in [0.2, 0.25) is 5.91 Å². The molecule has 1 saturated carbocycles. The van der Waals surface area contributed by atoms with E-state index in [1.54, 1.807) is 0 Å². The zero-order valence-corrected chi connectivity index (χ0v) is 14.3. The van der Waals surface area contributed by atoms with Crippen molar-refractivity contribution in [2.75, 3.05) is 26.7 Å². The molecule has 0 aliphatic heterocycles. The van der Waals surface area contributed by atoms with Crippen LogP contribution < -0.4 is 11.1 Å². The Hall–Kier alpha value is -0.240. The van der Waals surface area contributed by atoms with E-state index in [-0.39, 0.29) is 42.7 Å². The van der Waals surface area contributed by atoms with E-state index in [1.165, 1.54) is 11.9 Å². The molecule has 1 aliphatic carbocycles. The Morgan fingerprint density at radius 2 is 1.95 bits per heavy atom. The van der Waals surface area contributed by atoms with E-state index in [0.717, 1.165) is 19.3 Å². The molecule has 0 aromatic carbocycles. The summed E-state index contributed by atoms with van der Waals surface area (Å²) in [4.78, 5) is 13.1. The van der Waals surface area contributed by atoms with Crippen molar-refractivity contribution in [1.82, 2.24) is 10.2 Å². The standard InChI is InChI=1S/C13H24F3N3O.2ClH/c1-19(9-13(14,15)16)7-3-6-18-12(20)10-4-2-5-11(17)8-10;;/h10-11H,2-9,17H2,1H3,(H,18,20);2*1H. The van der Waals surface area contributed by atoms with Gasteiger partial charge in [-0.25, -0.2) is 0 Å². The van der Waals surface area contributed by atoms with Crippen molar-refractivity contribution < 1.29 is 18.0 Å².